The lowest BCUT2D eigenvalue weighted by Gasteiger charge is -2.32. The number of carbonyl (C=O) groups is 3. The van der Waals surface area contributed by atoms with Crippen LogP contribution in [0.25, 0.3) is 0 Å². The summed E-state index contributed by atoms with van der Waals surface area (Å²) in [6.07, 6.45) is 0. The molecule has 0 radical (unpaired) electrons. The lowest BCUT2D eigenvalue weighted by Crippen LogP contribution is -2.39. The predicted molar refractivity (Wildman–Crippen MR) is 111 cm³/mol. The van der Waals surface area contributed by atoms with Crippen LogP contribution in [0.1, 0.15) is 32.3 Å². The van der Waals surface area contributed by atoms with E-state index >= 15 is 0 Å². The van der Waals surface area contributed by atoms with Crippen molar-refractivity contribution in [3.05, 3.63) is 51.2 Å². The third-order valence-electron chi connectivity index (χ3n) is 4.72. The van der Waals surface area contributed by atoms with Crippen LogP contribution >= 0.6 is 0 Å². The molecule has 2 atom stereocenters. The lowest BCUT2D eigenvalue weighted by molar-refractivity contribution is -0.384. The van der Waals surface area contributed by atoms with Crippen LogP contribution in [0.5, 0.6) is 0 Å². The second-order valence-electron chi connectivity index (χ2n) is 7.00. The molecule has 2 rings (SSSR count). The zero-order chi connectivity index (χ0) is 23.3. The maximum Gasteiger partial charge on any atom is 0.337 e. The van der Waals surface area contributed by atoms with E-state index in [0.29, 0.717) is 5.56 Å². The van der Waals surface area contributed by atoms with Crippen LogP contribution in [0.15, 0.2) is 40.5 Å². The summed E-state index contributed by atoms with van der Waals surface area (Å²) < 4.78 is 10.4. The molecular weight excluding hydrogens is 406 g/mol. The molecule has 10 nitrogen and oxygen atoms in total. The minimum atomic E-state index is -1.06. The van der Waals surface area contributed by atoms with Gasteiger partial charge in [0.25, 0.3) is 11.6 Å². The van der Waals surface area contributed by atoms with Crippen LogP contribution in [-0.2, 0) is 23.9 Å². The Morgan fingerprint density at radius 2 is 1.81 bits per heavy atom. The Bertz CT molecular complexity index is 965. The first kappa shape index (κ1) is 23.7. The number of esters is 2. The molecule has 1 heterocycles. The molecule has 0 aromatic heterocycles. The molecule has 10 heteroatoms. The van der Waals surface area contributed by atoms with E-state index in [9.17, 15) is 24.5 Å². The molecule has 0 saturated carbocycles. The maximum atomic E-state index is 13.0. The summed E-state index contributed by atoms with van der Waals surface area (Å²) in [6.45, 7) is 4.91. The van der Waals surface area contributed by atoms with Crippen molar-refractivity contribution >= 4 is 29.2 Å². The van der Waals surface area contributed by atoms with Crippen molar-refractivity contribution in [2.45, 2.75) is 26.7 Å². The van der Waals surface area contributed by atoms with E-state index in [1.807, 2.05) is 0 Å². The van der Waals surface area contributed by atoms with Gasteiger partial charge in [0.2, 0.25) is 0 Å². The van der Waals surface area contributed by atoms with Crippen LogP contribution in [0.4, 0.5) is 5.69 Å². The summed E-state index contributed by atoms with van der Waals surface area (Å²) in [5.41, 5.74) is 0.0356. The smallest absolute Gasteiger partial charge is 0.337 e. The zero-order valence-corrected chi connectivity index (χ0v) is 18.1. The lowest BCUT2D eigenvalue weighted by atomic mass is 9.75. The number of likely N-dealkylation sites (N-methyl/N-ethyl adjacent to an activating group) is 1. The van der Waals surface area contributed by atoms with Gasteiger partial charge in [-0.05, 0) is 26.3 Å². The van der Waals surface area contributed by atoms with Gasteiger partial charge >= 0.3 is 11.9 Å². The van der Waals surface area contributed by atoms with Crippen LogP contribution in [-0.4, -0.2) is 60.7 Å². The maximum absolute atomic E-state index is 13.0. The number of hydrogen-bond acceptors (Lipinski definition) is 8. The highest BCUT2D eigenvalue weighted by Crippen LogP contribution is 2.41. The van der Waals surface area contributed by atoms with E-state index in [1.54, 1.807) is 26.8 Å². The van der Waals surface area contributed by atoms with Crippen molar-refractivity contribution in [3.8, 4) is 0 Å². The minimum absolute atomic E-state index is 0.0280. The number of carbonyl (C=O) groups excluding carboxylic acids is 3. The van der Waals surface area contributed by atoms with Gasteiger partial charge in [-0.3, -0.25) is 24.7 Å². The summed E-state index contributed by atoms with van der Waals surface area (Å²) in [4.78, 5) is 54.9. The monoisotopic (exact) mass is 431 g/mol. The molecule has 0 spiro atoms. The second kappa shape index (κ2) is 9.96. The highest BCUT2D eigenvalue weighted by Gasteiger charge is 2.45. The van der Waals surface area contributed by atoms with Crippen molar-refractivity contribution < 1.29 is 28.8 Å². The van der Waals surface area contributed by atoms with Gasteiger partial charge in [0.05, 0.1) is 23.7 Å². The fraction of sp³-hybridized carbons (Fsp3) is 0.429. The molecule has 1 aromatic carbocycles. The van der Waals surface area contributed by atoms with E-state index in [1.165, 1.54) is 37.2 Å². The topological polar surface area (TPSA) is 128 Å². The zero-order valence-electron chi connectivity index (χ0n) is 18.1. The van der Waals surface area contributed by atoms with Gasteiger partial charge in [-0.2, -0.15) is 0 Å². The van der Waals surface area contributed by atoms with Crippen molar-refractivity contribution in [2.24, 2.45) is 10.9 Å². The summed E-state index contributed by atoms with van der Waals surface area (Å²) >= 11 is 0. The van der Waals surface area contributed by atoms with Gasteiger partial charge in [-0.25, -0.2) is 4.79 Å². The van der Waals surface area contributed by atoms with Gasteiger partial charge in [0, 0.05) is 37.9 Å². The fourth-order valence-corrected chi connectivity index (χ4v) is 3.40. The summed E-state index contributed by atoms with van der Waals surface area (Å²) in [5, 5.41) is 11.3. The Balaban J connectivity index is 2.84. The Labute approximate surface area is 179 Å². The molecule has 0 fully saturated rings. The highest BCUT2D eigenvalue weighted by molar-refractivity contribution is 6.12. The third-order valence-corrected chi connectivity index (χ3v) is 4.72. The molecule has 31 heavy (non-hydrogen) atoms. The standard InChI is InChI=1S/C21H25N3O7/c1-6-30-20(26)15-12(3)22-18(19(25)23(4)5)17(21(27)31-7-2)16(15)13-9-8-10-14(11-13)24(28)29/h8-11,15-16H,6-7H2,1-5H3. The van der Waals surface area contributed by atoms with E-state index < -0.39 is 34.6 Å². The molecule has 1 aliphatic heterocycles. The summed E-state index contributed by atoms with van der Waals surface area (Å²) in [5.74, 6) is -4.14. The number of nitrogens with zero attached hydrogens (tertiary/aromatic N) is 3. The van der Waals surface area contributed by atoms with E-state index in [2.05, 4.69) is 4.99 Å². The molecule has 1 aliphatic rings. The number of rotatable bonds is 7. The molecule has 2 unspecified atom stereocenters. The van der Waals surface area contributed by atoms with Gasteiger partial charge in [0.15, 0.2) is 0 Å². The fourth-order valence-electron chi connectivity index (χ4n) is 3.40. The highest BCUT2D eigenvalue weighted by atomic mass is 16.6. The van der Waals surface area contributed by atoms with Crippen LogP contribution < -0.4 is 0 Å². The van der Waals surface area contributed by atoms with Gasteiger partial charge < -0.3 is 14.4 Å². The first-order chi connectivity index (χ1) is 14.6. The normalized spacial score (nSPS) is 18.2. The number of ether oxygens (including phenoxy) is 2. The number of nitro benzene ring substituents is 1. The van der Waals surface area contributed by atoms with Crippen LogP contribution in [0, 0.1) is 16.0 Å². The van der Waals surface area contributed by atoms with Crippen molar-refractivity contribution in [3.63, 3.8) is 0 Å². The van der Waals surface area contributed by atoms with Crippen LogP contribution in [0.3, 0.4) is 0 Å². The largest absolute Gasteiger partial charge is 0.465 e. The van der Waals surface area contributed by atoms with Gasteiger partial charge in [-0.1, -0.05) is 12.1 Å². The third kappa shape index (κ3) is 4.96. The Morgan fingerprint density at radius 3 is 2.35 bits per heavy atom. The number of nitro groups is 1. The van der Waals surface area contributed by atoms with Crippen LogP contribution in [0.2, 0.25) is 0 Å². The SMILES string of the molecule is CCOC(=O)C1=C(C(=O)N(C)C)N=C(C)C(C(=O)OCC)C1c1cccc([N+](=O)[O-])c1. The van der Waals surface area contributed by atoms with Crippen molar-refractivity contribution in [2.75, 3.05) is 27.3 Å². The number of non-ortho nitro benzene ring substituents is 1. The molecule has 0 aliphatic carbocycles. The van der Waals surface area contributed by atoms with Gasteiger partial charge in [0.1, 0.15) is 11.6 Å². The Hall–Kier alpha value is -3.56. The second-order valence-corrected chi connectivity index (χ2v) is 7.00. The first-order valence-corrected chi connectivity index (χ1v) is 9.73. The molecule has 1 aromatic rings. The number of hydrogen-bond donors (Lipinski definition) is 0. The Morgan fingerprint density at radius 1 is 1.16 bits per heavy atom. The molecular formula is C21H25N3O7. The van der Waals surface area contributed by atoms with E-state index in [0.717, 1.165) is 0 Å². The quantitative estimate of drug-likeness (QED) is 0.368. The minimum Gasteiger partial charge on any atom is -0.465 e. The Kier molecular flexibility index (Phi) is 7.62. The van der Waals surface area contributed by atoms with Gasteiger partial charge in [-0.15, -0.1) is 0 Å². The number of aliphatic imine (C=N–C) groups is 1. The predicted octanol–water partition coefficient (Wildman–Crippen LogP) is 2.24. The van der Waals surface area contributed by atoms with E-state index in [-0.39, 0.29) is 35.9 Å². The summed E-state index contributed by atoms with van der Waals surface area (Å²) in [6, 6.07) is 5.57. The molecule has 0 bridgehead atoms. The average molecular weight is 431 g/mol. The number of amides is 1. The molecule has 0 saturated heterocycles. The van der Waals surface area contributed by atoms with E-state index in [4.69, 9.17) is 9.47 Å². The first-order valence-electron chi connectivity index (χ1n) is 9.73. The molecule has 0 N–H and O–H groups in total. The molecule has 1 amide bonds. The average Bonchev–Trinajstić information content (AvgIpc) is 2.72. The van der Waals surface area contributed by atoms with Crippen molar-refractivity contribution in [1.82, 2.24) is 4.90 Å². The number of benzene rings is 1. The molecule has 166 valence electrons. The van der Waals surface area contributed by atoms with Crippen molar-refractivity contribution in [1.29, 1.82) is 0 Å². The summed E-state index contributed by atoms with van der Waals surface area (Å²) in [7, 11) is 3.01.